The maximum Gasteiger partial charge on any atom is 0.258 e. The molecule has 1 aromatic carbocycles. The van der Waals surface area contributed by atoms with Gasteiger partial charge in [-0.2, -0.15) is 4.98 Å². The SMILES string of the molecule is Nc1nc(N2CCOCC2)[nH]c(=O)c1[C@@H]1CC(=O)N(c2ccc3c(c2)OCO3)C1=O. The lowest BCUT2D eigenvalue weighted by Crippen LogP contribution is -2.39. The number of ether oxygens (including phenoxy) is 3. The fraction of sp³-hybridized carbons (Fsp3) is 0.368. The molecule has 156 valence electrons. The van der Waals surface area contributed by atoms with Gasteiger partial charge >= 0.3 is 0 Å². The summed E-state index contributed by atoms with van der Waals surface area (Å²) < 4.78 is 15.9. The number of benzene rings is 1. The highest BCUT2D eigenvalue weighted by molar-refractivity contribution is 6.23. The number of nitrogens with two attached hydrogens (primary N) is 1. The predicted molar refractivity (Wildman–Crippen MR) is 105 cm³/mol. The molecule has 4 heterocycles. The largest absolute Gasteiger partial charge is 0.454 e. The summed E-state index contributed by atoms with van der Waals surface area (Å²) in [7, 11) is 0. The standard InChI is InChI=1S/C19H19N5O6/c20-16-15(17(26)22-19(21-16)23-3-5-28-6-4-23)11-8-14(25)24(18(11)27)10-1-2-12-13(7-10)30-9-29-12/h1-2,7,11H,3-6,8-9H2,(H3,20,21,22,26)/t11-/m0/s1. The van der Waals surface area contributed by atoms with Crippen molar-refractivity contribution in [3.8, 4) is 11.5 Å². The Balaban J connectivity index is 1.46. The van der Waals surface area contributed by atoms with E-state index in [9.17, 15) is 14.4 Å². The molecule has 0 aliphatic carbocycles. The molecule has 1 aromatic heterocycles. The minimum Gasteiger partial charge on any atom is -0.454 e. The molecule has 0 bridgehead atoms. The zero-order valence-electron chi connectivity index (χ0n) is 15.9. The number of amides is 2. The van der Waals surface area contributed by atoms with Gasteiger partial charge in [-0.25, -0.2) is 4.90 Å². The normalized spacial score (nSPS) is 20.9. The lowest BCUT2D eigenvalue weighted by molar-refractivity contribution is -0.121. The van der Waals surface area contributed by atoms with Gasteiger partial charge in [-0.1, -0.05) is 0 Å². The van der Waals surface area contributed by atoms with E-state index in [4.69, 9.17) is 19.9 Å². The first-order chi connectivity index (χ1) is 14.5. The van der Waals surface area contributed by atoms with Crippen LogP contribution in [0.2, 0.25) is 0 Å². The van der Waals surface area contributed by atoms with Gasteiger partial charge in [-0.3, -0.25) is 19.4 Å². The number of carbonyl (C=O) groups excluding carboxylic acids is 2. The number of H-pyrrole nitrogens is 1. The number of nitrogens with one attached hydrogen (secondary N) is 1. The summed E-state index contributed by atoms with van der Waals surface area (Å²) in [5.74, 6) is -0.703. The second kappa shape index (κ2) is 7.02. The van der Waals surface area contributed by atoms with Crippen LogP contribution >= 0.6 is 0 Å². The molecule has 2 saturated heterocycles. The maximum absolute atomic E-state index is 13.1. The zero-order valence-corrected chi connectivity index (χ0v) is 15.9. The third kappa shape index (κ3) is 2.94. The molecule has 11 nitrogen and oxygen atoms in total. The molecule has 2 fully saturated rings. The zero-order chi connectivity index (χ0) is 20.8. The molecule has 3 N–H and O–H groups in total. The van der Waals surface area contributed by atoms with Gasteiger partial charge in [-0.05, 0) is 12.1 Å². The van der Waals surface area contributed by atoms with Crippen LogP contribution in [0.3, 0.4) is 0 Å². The Kier molecular flexibility index (Phi) is 4.31. The summed E-state index contributed by atoms with van der Waals surface area (Å²) in [5, 5.41) is 0. The smallest absolute Gasteiger partial charge is 0.258 e. The summed E-state index contributed by atoms with van der Waals surface area (Å²) in [6.45, 7) is 2.26. The molecule has 2 aromatic rings. The van der Waals surface area contributed by atoms with E-state index in [0.29, 0.717) is 49.4 Å². The van der Waals surface area contributed by atoms with Crippen molar-refractivity contribution in [2.45, 2.75) is 12.3 Å². The van der Waals surface area contributed by atoms with E-state index in [1.165, 1.54) is 0 Å². The van der Waals surface area contributed by atoms with Crippen LogP contribution in [-0.4, -0.2) is 54.9 Å². The number of anilines is 3. The number of rotatable bonds is 3. The summed E-state index contributed by atoms with van der Waals surface area (Å²) in [4.78, 5) is 48.4. The molecule has 3 aliphatic heterocycles. The van der Waals surface area contributed by atoms with E-state index in [-0.39, 0.29) is 24.6 Å². The fourth-order valence-corrected chi connectivity index (χ4v) is 3.90. The third-order valence-electron chi connectivity index (χ3n) is 5.39. The van der Waals surface area contributed by atoms with Crippen LogP contribution in [0.4, 0.5) is 17.5 Å². The number of nitrogen functional groups attached to an aromatic ring is 1. The number of nitrogens with zero attached hydrogens (tertiary/aromatic N) is 3. The van der Waals surface area contributed by atoms with Gasteiger partial charge in [0, 0.05) is 25.6 Å². The molecule has 1 atom stereocenters. The lowest BCUT2D eigenvalue weighted by Gasteiger charge is -2.27. The van der Waals surface area contributed by atoms with Crippen molar-refractivity contribution >= 4 is 29.3 Å². The van der Waals surface area contributed by atoms with Crippen molar-refractivity contribution in [1.29, 1.82) is 0 Å². The molecule has 0 spiro atoms. The highest BCUT2D eigenvalue weighted by Gasteiger charge is 2.43. The summed E-state index contributed by atoms with van der Waals surface area (Å²) >= 11 is 0. The quantitative estimate of drug-likeness (QED) is 0.664. The molecule has 3 aliphatic rings. The van der Waals surface area contributed by atoms with Crippen molar-refractivity contribution in [2.24, 2.45) is 0 Å². The Morgan fingerprint density at radius 1 is 1.10 bits per heavy atom. The van der Waals surface area contributed by atoms with E-state index in [0.717, 1.165) is 4.90 Å². The molecule has 5 rings (SSSR count). The highest BCUT2D eigenvalue weighted by atomic mass is 16.7. The Hall–Kier alpha value is -3.60. The van der Waals surface area contributed by atoms with Crippen LogP contribution in [0.25, 0.3) is 0 Å². The van der Waals surface area contributed by atoms with Gasteiger partial charge in [0.15, 0.2) is 11.5 Å². The number of aromatic nitrogens is 2. The monoisotopic (exact) mass is 413 g/mol. The summed E-state index contributed by atoms with van der Waals surface area (Å²) in [5.41, 5.74) is 5.90. The Morgan fingerprint density at radius 2 is 1.87 bits per heavy atom. The van der Waals surface area contributed by atoms with Crippen molar-refractivity contribution in [3.63, 3.8) is 0 Å². The van der Waals surface area contributed by atoms with Crippen LogP contribution < -0.4 is 30.6 Å². The Labute approximate surface area is 170 Å². The van der Waals surface area contributed by atoms with Gasteiger partial charge in [0.05, 0.1) is 30.4 Å². The van der Waals surface area contributed by atoms with Crippen LogP contribution in [0.5, 0.6) is 11.5 Å². The van der Waals surface area contributed by atoms with Crippen LogP contribution in [0.1, 0.15) is 17.9 Å². The molecule has 0 radical (unpaired) electrons. The number of hydrogen-bond acceptors (Lipinski definition) is 9. The molecule has 30 heavy (non-hydrogen) atoms. The molecular weight excluding hydrogens is 394 g/mol. The maximum atomic E-state index is 13.1. The molecule has 0 unspecified atom stereocenters. The van der Waals surface area contributed by atoms with Crippen molar-refractivity contribution in [3.05, 3.63) is 34.1 Å². The fourth-order valence-electron chi connectivity index (χ4n) is 3.90. The van der Waals surface area contributed by atoms with Crippen molar-refractivity contribution in [1.82, 2.24) is 9.97 Å². The van der Waals surface area contributed by atoms with Gasteiger partial charge in [0.25, 0.3) is 5.56 Å². The topological polar surface area (TPSA) is 140 Å². The number of morpholine rings is 1. The first-order valence-electron chi connectivity index (χ1n) is 9.52. The number of carbonyl (C=O) groups is 2. The van der Waals surface area contributed by atoms with Gasteiger partial charge in [-0.15, -0.1) is 0 Å². The van der Waals surface area contributed by atoms with Crippen LogP contribution in [0, 0.1) is 0 Å². The third-order valence-corrected chi connectivity index (χ3v) is 5.39. The molecule has 2 amide bonds. The first kappa shape index (κ1) is 18.4. The molecule has 0 saturated carbocycles. The van der Waals surface area contributed by atoms with Gasteiger partial charge in [0.2, 0.25) is 24.6 Å². The van der Waals surface area contributed by atoms with Gasteiger partial charge < -0.3 is 24.8 Å². The summed E-state index contributed by atoms with van der Waals surface area (Å²) in [6, 6.07) is 4.79. The Bertz CT molecular complexity index is 1090. The molecular formula is C19H19N5O6. The highest BCUT2D eigenvalue weighted by Crippen LogP contribution is 2.39. The predicted octanol–water partition coefficient (Wildman–Crippen LogP) is -0.0355. The van der Waals surface area contributed by atoms with E-state index in [1.54, 1.807) is 18.2 Å². The van der Waals surface area contributed by atoms with Gasteiger partial charge in [0.1, 0.15) is 5.82 Å². The van der Waals surface area contributed by atoms with Crippen LogP contribution in [0.15, 0.2) is 23.0 Å². The Morgan fingerprint density at radius 3 is 2.63 bits per heavy atom. The van der Waals surface area contributed by atoms with E-state index in [1.807, 2.05) is 4.90 Å². The second-order valence-corrected chi connectivity index (χ2v) is 7.15. The number of aromatic amines is 1. The summed E-state index contributed by atoms with van der Waals surface area (Å²) in [6.07, 6.45) is -0.168. The molecule has 11 heteroatoms. The minimum absolute atomic E-state index is 0.00797. The van der Waals surface area contributed by atoms with E-state index >= 15 is 0 Å². The first-order valence-corrected chi connectivity index (χ1v) is 9.52. The average molecular weight is 413 g/mol. The van der Waals surface area contributed by atoms with E-state index < -0.39 is 23.3 Å². The number of imide groups is 1. The lowest BCUT2D eigenvalue weighted by atomic mass is 9.99. The number of fused-ring (bicyclic) bond motifs is 1. The van der Waals surface area contributed by atoms with E-state index in [2.05, 4.69) is 9.97 Å². The minimum atomic E-state index is -1.00. The second-order valence-electron chi connectivity index (χ2n) is 7.15. The van der Waals surface area contributed by atoms with Crippen molar-refractivity contribution in [2.75, 3.05) is 48.6 Å². The van der Waals surface area contributed by atoms with Crippen molar-refractivity contribution < 1.29 is 23.8 Å². The van der Waals surface area contributed by atoms with Crippen LogP contribution in [-0.2, 0) is 14.3 Å². The number of hydrogen-bond donors (Lipinski definition) is 2. The average Bonchev–Trinajstić information content (AvgIpc) is 3.31.